The van der Waals surface area contributed by atoms with E-state index >= 15 is 0 Å². The molecule has 0 unspecified atom stereocenters. The number of carbonyl (C=O) groups excluding carboxylic acids is 1. The fourth-order valence-electron chi connectivity index (χ4n) is 3.33. The second kappa shape index (κ2) is 7.97. The minimum absolute atomic E-state index is 0.387. The predicted molar refractivity (Wildman–Crippen MR) is 111 cm³/mol. The topological polar surface area (TPSA) is 55.4 Å². The second-order valence-electron chi connectivity index (χ2n) is 6.56. The number of carbonyl (C=O) groups is 1. The minimum Gasteiger partial charge on any atom is -0.453 e. The smallest absolute Gasteiger partial charge is 0.331 e. The molecule has 1 aliphatic rings. The number of hydrogen-bond acceptors (Lipinski definition) is 3. The molecule has 0 spiro atoms. The molecular weight excluding hydrogens is 369 g/mol. The lowest BCUT2D eigenvalue weighted by molar-refractivity contribution is -0.139. The Morgan fingerprint density at radius 1 is 0.786 bits per heavy atom. The molecule has 0 saturated carbocycles. The Labute approximate surface area is 164 Å². The predicted octanol–water partition coefficient (Wildman–Crippen LogP) is 3.73. The Bertz CT molecular complexity index is 976. The Balaban J connectivity index is 1.80. The van der Waals surface area contributed by atoms with Gasteiger partial charge in [0, 0.05) is 16.7 Å². The summed E-state index contributed by atoms with van der Waals surface area (Å²) in [4.78, 5) is 11.7. The van der Waals surface area contributed by atoms with Crippen molar-refractivity contribution in [2.75, 3.05) is 0 Å². The van der Waals surface area contributed by atoms with Gasteiger partial charge in [-0.1, -0.05) is 66.7 Å². The summed E-state index contributed by atoms with van der Waals surface area (Å²) in [5.74, 6) is -0.387. The van der Waals surface area contributed by atoms with E-state index < -0.39 is 19.4 Å². The summed E-state index contributed by atoms with van der Waals surface area (Å²) in [6.07, 6.45) is 2.60. The maximum Gasteiger partial charge on any atom is 0.331 e. The van der Waals surface area contributed by atoms with Crippen LogP contribution < -0.4 is 15.7 Å². The first-order valence-corrected chi connectivity index (χ1v) is 10.8. The van der Waals surface area contributed by atoms with Crippen LogP contribution in [0.4, 0.5) is 0 Å². The van der Waals surface area contributed by atoms with Crippen LogP contribution in [0.25, 0.3) is 0 Å². The fourth-order valence-corrected chi connectivity index (χ4v) is 5.80. The van der Waals surface area contributed by atoms with E-state index in [4.69, 9.17) is 4.74 Å². The summed E-state index contributed by atoms with van der Waals surface area (Å²) in [5, 5.41) is 4.78. The van der Waals surface area contributed by atoms with E-state index in [0.717, 1.165) is 5.56 Å². The second-order valence-corrected chi connectivity index (χ2v) is 9.07. The van der Waals surface area contributed by atoms with Crippen molar-refractivity contribution in [3.8, 4) is 0 Å². The summed E-state index contributed by atoms with van der Waals surface area (Å²) in [6.45, 7) is 0. The zero-order chi connectivity index (χ0) is 19.4. The lowest BCUT2D eigenvalue weighted by Gasteiger charge is -2.29. The molecule has 1 aliphatic heterocycles. The lowest BCUT2D eigenvalue weighted by atomic mass is 10.0. The highest BCUT2D eigenvalue weighted by Crippen LogP contribution is 2.43. The fraction of sp³-hybridized carbons (Fsp3) is 0.0870. The maximum absolute atomic E-state index is 14.4. The van der Waals surface area contributed by atoms with Gasteiger partial charge in [0.2, 0.25) is 7.29 Å². The molecule has 0 aliphatic carbocycles. The van der Waals surface area contributed by atoms with E-state index in [-0.39, 0.29) is 5.97 Å². The summed E-state index contributed by atoms with van der Waals surface area (Å²) in [5.41, 5.74) is 0.902. The largest absolute Gasteiger partial charge is 0.453 e. The number of hydrogen-bond donors (Lipinski definition) is 1. The zero-order valence-electron chi connectivity index (χ0n) is 15.1. The van der Waals surface area contributed by atoms with E-state index in [1.165, 1.54) is 6.08 Å². The van der Waals surface area contributed by atoms with Gasteiger partial charge >= 0.3 is 5.97 Å². The van der Waals surface area contributed by atoms with Crippen molar-refractivity contribution in [2.45, 2.75) is 12.1 Å². The third kappa shape index (κ3) is 3.70. The van der Waals surface area contributed by atoms with Crippen LogP contribution in [0.2, 0.25) is 0 Å². The van der Waals surface area contributed by atoms with Crippen LogP contribution in [0.1, 0.15) is 11.6 Å². The van der Waals surface area contributed by atoms with Gasteiger partial charge in [0.25, 0.3) is 0 Å². The number of benzene rings is 3. The van der Waals surface area contributed by atoms with Crippen LogP contribution in [0, 0.1) is 0 Å². The van der Waals surface area contributed by atoms with Crippen LogP contribution in [-0.4, -0.2) is 12.1 Å². The molecule has 0 amide bonds. The molecule has 3 aromatic rings. The normalized spacial score (nSPS) is 17.3. The first-order valence-electron chi connectivity index (χ1n) is 9.10. The highest BCUT2D eigenvalue weighted by atomic mass is 31.2. The number of rotatable bonds is 6. The molecule has 28 heavy (non-hydrogen) atoms. The van der Waals surface area contributed by atoms with Gasteiger partial charge in [-0.15, -0.1) is 0 Å². The molecular formula is C23H20NO3P. The van der Waals surface area contributed by atoms with Gasteiger partial charge in [-0.3, -0.25) is 4.57 Å². The number of nitrogens with one attached hydrogen (secondary N) is 1. The van der Waals surface area contributed by atoms with Gasteiger partial charge in [0.1, 0.15) is 6.10 Å². The van der Waals surface area contributed by atoms with Gasteiger partial charge in [-0.25, -0.2) is 9.88 Å². The van der Waals surface area contributed by atoms with Gasteiger partial charge in [0.15, 0.2) is 0 Å². The molecule has 0 aromatic heterocycles. The van der Waals surface area contributed by atoms with E-state index in [1.807, 2.05) is 91.0 Å². The van der Waals surface area contributed by atoms with E-state index in [1.54, 1.807) is 6.08 Å². The van der Waals surface area contributed by atoms with Crippen molar-refractivity contribution in [2.24, 2.45) is 0 Å². The Kier molecular flexibility index (Phi) is 5.25. The van der Waals surface area contributed by atoms with Gasteiger partial charge in [0.05, 0.1) is 6.04 Å². The van der Waals surface area contributed by atoms with E-state index in [2.05, 4.69) is 5.09 Å². The highest BCUT2D eigenvalue weighted by molar-refractivity contribution is 7.76. The first-order chi connectivity index (χ1) is 13.7. The highest BCUT2D eigenvalue weighted by Gasteiger charge is 2.36. The molecule has 0 radical (unpaired) electrons. The summed E-state index contributed by atoms with van der Waals surface area (Å²) >= 11 is 0. The van der Waals surface area contributed by atoms with Crippen molar-refractivity contribution in [1.29, 1.82) is 0 Å². The van der Waals surface area contributed by atoms with Crippen molar-refractivity contribution in [3.05, 3.63) is 109 Å². The Morgan fingerprint density at radius 2 is 1.29 bits per heavy atom. The van der Waals surface area contributed by atoms with Crippen molar-refractivity contribution in [1.82, 2.24) is 5.09 Å². The number of cyclic esters (lactones) is 1. The van der Waals surface area contributed by atoms with Gasteiger partial charge in [-0.05, 0) is 35.9 Å². The van der Waals surface area contributed by atoms with Crippen LogP contribution in [0.5, 0.6) is 0 Å². The molecule has 1 heterocycles. The summed E-state index contributed by atoms with van der Waals surface area (Å²) in [6, 6.07) is 27.9. The average molecular weight is 389 g/mol. The molecule has 0 saturated heterocycles. The van der Waals surface area contributed by atoms with E-state index in [0.29, 0.717) is 10.6 Å². The standard InChI is InChI=1S/C23H20NO3P/c25-22-17-16-21(27-22)23(18-10-4-1-5-11-18)24-28(26,19-12-6-2-7-13-19)20-14-8-3-9-15-20/h1-17,21,23H,(H,24,26)/t21-,23+/m1/s1. The Morgan fingerprint density at radius 3 is 1.75 bits per heavy atom. The van der Waals surface area contributed by atoms with Gasteiger partial charge < -0.3 is 4.74 Å². The number of esters is 1. The quantitative estimate of drug-likeness (QED) is 0.516. The molecule has 3 aromatic carbocycles. The minimum atomic E-state index is -3.19. The molecule has 1 N–H and O–H groups in total. The summed E-state index contributed by atoms with van der Waals surface area (Å²) < 4.78 is 19.8. The van der Waals surface area contributed by atoms with Crippen molar-refractivity contribution in [3.63, 3.8) is 0 Å². The van der Waals surface area contributed by atoms with Crippen molar-refractivity contribution >= 4 is 23.9 Å². The van der Waals surface area contributed by atoms with E-state index in [9.17, 15) is 9.36 Å². The zero-order valence-corrected chi connectivity index (χ0v) is 16.0. The first kappa shape index (κ1) is 18.4. The molecule has 0 fully saturated rings. The monoisotopic (exact) mass is 389 g/mol. The van der Waals surface area contributed by atoms with Crippen LogP contribution in [0.15, 0.2) is 103 Å². The SMILES string of the molecule is O=C1C=C[C@H]([C@@H](NP(=O)(c2ccccc2)c2ccccc2)c2ccccc2)O1. The molecule has 140 valence electrons. The Hall–Kier alpha value is -2.94. The average Bonchev–Trinajstić information content (AvgIpc) is 3.20. The maximum atomic E-state index is 14.4. The lowest BCUT2D eigenvalue weighted by Crippen LogP contribution is -2.36. The van der Waals surface area contributed by atoms with Crippen LogP contribution in [0.3, 0.4) is 0 Å². The molecule has 4 rings (SSSR count). The summed E-state index contributed by atoms with van der Waals surface area (Å²) in [7, 11) is -3.19. The van der Waals surface area contributed by atoms with Gasteiger partial charge in [-0.2, -0.15) is 0 Å². The van der Waals surface area contributed by atoms with Crippen LogP contribution >= 0.6 is 7.29 Å². The van der Waals surface area contributed by atoms with Crippen molar-refractivity contribution < 1.29 is 14.1 Å². The third-order valence-corrected chi connectivity index (χ3v) is 7.41. The third-order valence-electron chi connectivity index (χ3n) is 4.72. The number of ether oxygens (including phenoxy) is 1. The van der Waals surface area contributed by atoms with Crippen LogP contribution in [-0.2, 0) is 14.1 Å². The molecule has 0 bridgehead atoms. The molecule has 2 atom stereocenters. The molecule has 4 nitrogen and oxygen atoms in total. The molecule has 5 heteroatoms.